The minimum Gasteiger partial charge on any atom is -0.325 e. The van der Waals surface area contributed by atoms with Gasteiger partial charge in [-0.15, -0.1) is 0 Å². The molecule has 0 fully saturated rings. The second-order valence-electron chi connectivity index (χ2n) is 3.99. The molecule has 3 N–H and O–H groups in total. The Labute approximate surface area is 111 Å². The highest BCUT2D eigenvalue weighted by atomic mass is 32.2. The molecule has 0 radical (unpaired) electrons. The number of sulfonamides is 1. The van der Waals surface area contributed by atoms with Crippen molar-refractivity contribution in [3.63, 3.8) is 0 Å². The molecule has 0 spiro atoms. The Kier molecular flexibility index (Phi) is 3.93. The lowest BCUT2D eigenvalue weighted by molar-refractivity contribution is 0.579. The van der Waals surface area contributed by atoms with Crippen LogP contribution in [0.4, 0.5) is 0 Å². The number of nitrogens with zero attached hydrogens (tertiary/aromatic N) is 3. The predicted molar refractivity (Wildman–Crippen MR) is 69.4 cm³/mol. The lowest BCUT2D eigenvalue weighted by Crippen LogP contribution is -2.23. The number of aryl methyl sites for hydroxylation is 1. The van der Waals surface area contributed by atoms with Gasteiger partial charge in [0, 0.05) is 26.0 Å². The number of hydrogen-bond donors (Lipinski definition) is 2. The van der Waals surface area contributed by atoms with Crippen LogP contribution in [0.3, 0.4) is 0 Å². The maximum absolute atomic E-state index is 12.0. The van der Waals surface area contributed by atoms with E-state index in [4.69, 9.17) is 5.73 Å². The third kappa shape index (κ3) is 3.37. The van der Waals surface area contributed by atoms with Crippen molar-refractivity contribution in [2.45, 2.75) is 18.0 Å². The fraction of sp³-hybridized carbons (Fsp3) is 0.273. The van der Waals surface area contributed by atoms with E-state index in [0.717, 1.165) is 0 Å². The van der Waals surface area contributed by atoms with Crippen LogP contribution in [0.5, 0.6) is 0 Å². The van der Waals surface area contributed by atoms with Crippen molar-refractivity contribution in [3.05, 3.63) is 42.0 Å². The van der Waals surface area contributed by atoms with Crippen molar-refractivity contribution in [1.82, 2.24) is 19.5 Å². The molecule has 2 heterocycles. The second-order valence-corrected chi connectivity index (χ2v) is 5.76. The van der Waals surface area contributed by atoms with Crippen molar-refractivity contribution < 1.29 is 8.42 Å². The topological polar surface area (TPSA) is 103 Å². The van der Waals surface area contributed by atoms with E-state index in [2.05, 4.69) is 14.8 Å². The van der Waals surface area contributed by atoms with Crippen LogP contribution in [0.25, 0.3) is 0 Å². The minimum atomic E-state index is -3.58. The van der Waals surface area contributed by atoms with Gasteiger partial charge in [0.25, 0.3) is 0 Å². The zero-order valence-electron chi connectivity index (χ0n) is 10.4. The monoisotopic (exact) mass is 281 g/mol. The highest BCUT2D eigenvalue weighted by Crippen LogP contribution is 2.08. The zero-order chi connectivity index (χ0) is 13.9. The van der Waals surface area contributed by atoms with Gasteiger partial charge in [0.1, 0.15) is 4.90 Å². The van der Waals surface area contributed by atoms with Gasteiger partial charge in [-0.05, 0) is 18.2 Å². The van der Waals surface area contributed by atoms with Gasteiger partial charge in [0.05, 0.1) is 17.9 Å². The number of pyridine rings is 1. The molecule has 0 saturated carbocycles. The van der Waals surface area contributed by atoms with E-state index >= 15 is 0 Å². The number of hydrogen-bond acceptors (Lipinski definition) is 5. The smallest absolute Gasteiger partial charge is 0.242 e. The lowest BCUT2D eigenvalue weighted by Gasteiger charge is -2.05. The predicted octanol–water partition coefficient (Wildman–Crippen LogP) is -0.248. The highest BCUT2D eigenvalue weighted by Gasteiger charge is 2.14. The second kappa shape index (κ2) is 5.47. The van der Waals surface area contributed by atoms with Gasteiger partial charge in [0.2, 0.25) is 10.0 Å². The van der Waals surface area contributed by atoms with Gasteiger partial charge < -0.3 is 5.73 Å². The van der Waals surface area contributed by atoms with Crippen LogP contribution >= 0.6 is 0 Å². The number of nitrogens with two attached hydrogens (primary N) is 1. The Morgan fingerprint density at radius 1 is 1.32 bits per heavy atom. The lowest BCUT2D eigenvalue weighted by atomic mass is 10.4. The normalized spacial score (nSPS) is 11.7. The van der Waals surface area contributed by atoms with Gasteiger partial charge in [-0.25, -0.2) is 13.1 Å². The van der Waals surface area contributed by atoms with Crippen LogP contribution in [-0.4, -0.2) is 23.2 Å². The van der Waals surface area contributed by atoms with Crippen molar-refractivity contribution in [2.24, 2.45) is 12.8 Å². The van der Waals surface area contributed by atoms with E-state index in [1.165, 1.54) is 12.3 Å². The summed E-state index contributed by atoms with van der Waals surface area (Å²) in [5.74, 6) is 0. The summed E-state index contributed by atoms with van der Waals surface area (Å²) in [7, 11) is -1.81. The minimum absolute atomic E-state index is 0.112. The molecule has 19 heavy (non-hydrogen) atoms. The largest absolute Gasteiger partial charge is 0.325 e. The molecule has 0 aliphatic heterocycles. The summed E-state index contributed by atoms with van der Waals surface area (Å²) >= 11 is 0. The van der Waals surface area contributed by atoms with E-state index < -0.39 is 10.0 Å². The Morgan fingerprint density at radius 2 is 2.11 bits per heavy atom. The molecule has 0 aliphatic rings. The molecule has 2 aromatic rings. The van der Waals surface area contributed by atoms with E-state index in [9.17, 15) is 8.42 Å². The van der Waals surface area contributed by atoms with Gasteiger partial charge in [-0.3, -0.25) is 9.67 Å². The van der Waals surface area contributed by atoms with E-state index in [1.54, 1.807) is 30.1 Å². The zero-order valence-corrected chi connectivity index (χ0v) is 11.3. The Morgan fingerprint density at radius 3 is 2.63 bits per heavy atom. The number of nitrogens with one attached hydrogen (secondary N) is 1. The molecule has 7 nitrogen and oxygen atoms in total. The molecular formula is C11H15N5O2S. The molecule has 102 valence electrons. The molecule has 8 heteroatoms. The van der Waals surface area contributed by atoms with Crippen molar-refractivity contribution in [2.75, 3.05) is 0 Å². The van der Waals surface area contributed by atoms with E-state index in [1.807, 2.05) is 0 Å². The van der Waals surface area contributed by atoms with Gasteiger partial charge in [0.15, 0.2) is 0 Å². The first kappa shape index (κ1) is 13.7. The molecule has 0 aromatic carbocycles. The first-order valence-electron chi connectivity index (χ1n) is 5.64. The summed E-state index contributed by atoms with van der Waals surface area (Å²) in [4.78, 5) is 4.07. The Balaban J connectivity index is 2.09. The quantitative estimate of drug-likeness (QED) is 0.787. The average Bonchev–Trinajstić information content (AvgIpc) is 2.82. The van der Waals surface area contributed by atoms with E-state index in [-0.39, 0.29) is 18.0 Å². The van der Waals surface area contributed by atoms with Gasteiger partial charge >= 0.3 is 0 Å². The number of rotatable bonds is 5. The van der Waals surface area contributed by atoms with E-state index in [0.29, 0.717) is 11.4 Å². The van der Waals surface area contributed by atoms with Crippen LogP contribution in [0, 0.1) is 0 Å². The Hall–Kier alpha value is -1.77. The standard InChI is InChI=1S/C11H15N5O2S/c1-16-5-4-10(15-16)7-14-19(17,18)11-3-2-9(6-12)13-8-11/h2-5,8,14H,6-7,12H2,1H3. The van der Waals surface area contributed by atoms with Gasteiger partial charge in [-0.2, -0.15) is 5.10 Å². The first-order valence-corrected chi connectivity index (χ1v) is 7.13. The molecule has 0 saturated heterocycles. The molecular weight excluding hydrogens is 266 g/mol. The van der Waals surface area contributed by atoms with Crippen molar-refractivity contribution in [1.29, 1.82) is 0 Å². The van der Waals surface area contributed by atoms with Crippen LogP contribution in [0.15, 0.2) is 35.5 Å². The maximum Gasteiger partial charge on any atom is 0.242 e. The molecule has 2 aromatic heterocycles. The summed E-state index contributed by atoms with van der Waals surface area (Å²) < 4.78 is 28.1. The summed E-state index contributed by atoms with van der Waals surface area (Å²) in [6, 6.07) is 4.82. The van der Waals surface area contributed by atoms with Crippen LogP contribution in [0.2, 0.25) is 0 Å². The maximum atomic E-state index is 12.0. The summed E-state index contributed by atoms with van der Waals surface area (Å²) in [6.07, 6.45) is 3.05. The fourth-order valence-electron chi connectivity index (χ4n) is 1.50. The van der Waals surface area contributed by atoms with Crippen molar-refractivity contribution >= 4 is 10.0 Å². The van der Waals surface area contributed by atoms with Crippen LogP contribution in [0.1, 0.15) is 11.4 Å². The van der Waals surface area contributed by atoms with Crippen LogP contribution in [-0.2, 0) is 30.2 Å². The molecule has 2 rings (SSSR count). The molecule has 0 amide bonds. The summed E-state index contributed by atoms with van der Waals surface area (Å²) in [5, 5.41) is 4.09. The third-order valence-electron chi connectivity index (χ3n) is 2.53. The average molecular weight is 281 g/mol. The highest BCUT2D eigenvalue weighted by molar-refractivity contribution is 7.89. The third-order valence-corrected chi connectivity index (χ3v) is 3.92. The Bertz CT molecular complexity index is 648. The first-order chi connectivity index (χ1) is 9.01. The molecule has 0 aliphatic carbocycles. The summed E-state index contributed by atoms with van der Waals surface area (Å²) in [6.45, 7) is 0.420. The van der Waals surface area contributed by atoms with Crippen LogP contribution < -0.4 is 10.5 Å². The number of aromatic nitrogens is 3. The summed E-state index contributed by atoms with van der Waals surface area (Å²) in [5.41, 5.74) is 6.70. The SMILES string of the molecule is Cn1ccc(CNS(=O)(=O)c2ccc(CN)nc2)n1. The molecule has 0 unspecified atom stereocenters. The van der Waals surface area contributed by atoms with Gasteiger partial charge in [-0.1, -0.05) is 0 Å². The molecule has 0 bridgehead atoms. The molecule has 0 atom stereocenters. The fourth-order valence-corrected chi connectivity index (χ4v) is 2.44. The van der Waals surface area contributed by atoms with Crippen molar-refractivity contribution in [3.8, 4) is 0 Å².